The molecule has 0 unspecified atom stereocenters. The van der Waals surface area contributed by atoms with Crippen molar-refractivity contribution in [3.63, 3.8) is 0 Å². The molecule has 0 saturated heterocycles. The van der Waals surface area contributed by atoms with Gasteiger partial charge in [0.2, 0.25) is 0 Å². The van der Waals surface area contributed by atoms with Crippen LogP contribution < -0.4 is 10.1 Å². The van der Waals surface area contributed by atoms with Gasteiger partial charge in [-0.3, -0.25) is 14.9 Å². The second-order valence-electron chi connectivity index (χ2n) is 8.55. The quantitative estimate of drug-likeness (QED) is 0.547. The van der Waals surface area contributed by atoms with E-state index < -0.39 is 27.5 Å². The number of halogens is 1. The number of nitrogens with zero attached hydrogens (tertiary/aromatic N) is 1. The van der Waals surface area contributed by atoms with Gasteiger partial charge in [0.1, 0.15) is 5.69 Å². The highest BCUT2D eigenvalue weighted by atomic mass is 32.2. The third-order valence-corrected chi connectivity index (χ3v) is 7.65. The SMILES string of the molecule is C[C@@H](CS(=O)(=O)CCCc1ccc2c(n1)C(=O)NC2=O)c1ccc(F)c(OCC2CC2)c1. The fourth-order valence-corrected chi connectivity index (χ4v) is 5.39. The van der Waals surface area contributed by atoms with E-state index in [9.17, 15) is 22.4 Å². The van der Waals surface area contributed by atoms with E-state index >= 15 is 0 Å². The number of sulfone groups is 1. The fraction of sp³-hybridized carbons (Fsp3) is 0.435. The molecule has 0 spiro atoms. The van der Waals surface area contributed by atoms with Crippen molar-refractivity contribution >= 4 is 21.7 Å². The van der Waals surface area contributed by atoms with Crippen LogP contribution in [0.4, 0.5) is 4.39 Å². The number of benzene rings is 1. The maximum absolute atomic E-state index is 14.0. The lowest BCUT2D eigenvalue weighted by molar-refractivity contribution is 0.0878. The van der Waals surface area contributed by atoms with Crippen LogP contribution in [0.1, 0.15) is 64.2 Å². The molecule has 1 aliphatic carbocycles. The Kier molecular flexibility index (Phi) is 6.28. The number of fused-ring (bicyclic) bond motifs is 1. The Morgan fingerprint density at radius 3 is 2.72 bits per heavy atom. The Morgan fingerprint density at radius 2 is 1.97 bits per heavy atom. The zero-order chi connectivity index (χ0) is 22.9. The second kappa shape index (κ2) is 8.97. The van der Waals surface area contributed by atoms with Crippen molar-refractivity contribution in [1.82, 2.24) is 10.3 Å². The minimum absolute atomic E-state index is 0.0343. The summed E-state index contributed by atoms with van der Waals surface area (Å²) in [6.07, 6.45) is 2.91. The van der Waals surface area contributed by atoms with E-state index in [4.69, 9.17) is 4.74 Å². The molecule has 32 heavy (non-hydrogen) atoms. The number of pyridine rings is 1. The summed E-state index contributed by atoms with van der Waals surface area (Å²) in [6.45, 7) is 2.28. The van der Waals surface area contributed by atoms with E-state index in [-0.39, 0.29) is 34.4 Å². The number of aryl methyl sites for hydroxylation is 1. The maximum atomic E-state index is 14.0. The lowest BCUT2D eigenvalue weighted by Crippen LogP contribution is -2.20. The lowest BCUT2D eigenvalue weighted by atomic mass is 10.0. The molecule has 1 saturated carbocycles. The summed E-state index contributed by atoms with van der Waals surface area (Å²) in [5.74, 6) is -1.19. The number of carbonyl (C=O) groups is 2. The zero-order valence-electron chi connectivity index (χ0n) is 17.8. The number of hydrogen-bond acceptors (Lipinski definition) is 6. The molecule has 1 fully saturated rings. The van der Waals surface area contributed by atoms with Crippen molar-refractivity contribution in [3.8, 4) is 5.75 Å². The third-order valence-electron chi connectivity index (χ3n) is 5.73. The Hall–Kier alpha value is -2.81. The van der Waals surface area contributed by atoms with E-state index in [1.54, 1.807) is 25.1 Å². The first-order chi connectivity index (χ1) is 15.2. The van der Waals surface area contributed by atoms with Crippen molar-refractivity contribution in [2.45, 2.75) is 38.5 Å². The van der Waals surface area contributed by atoms with Gasteiger partial charge >= 0.3 is 0 Å². The van der Waals surface area contributed by atoms with Gasteiger partial charge in [-0.15, -0.1) is 0 Å². The van der Waals surface area contributed by atoms with Crippen LogP contribution in [0.25, 0.3) is 0 Å². The van der Waals surface area contributed by atoms with Crippen LogP contribution in [0, 0.1) is 11.7 Å². The average Bonchev–Trinajstić information content (AvgIpc) is 3.52. The Morgan fingerprint density at radius 1 is 1.19 bits per heavy atom. The number of hydrogen-bond donors (Lipinski definition) is 1. The summed E-state index contributed by atoms with van der Waals surface area (Å²) in [7, 11) is -3.36. The standard InChI is InChI=1S/C23H25FN2O5S/c1-14(16-6-9-19(24)20(11-16)31-12-15-4-5-15)13-32(29,30)10-2-3-17-7-8-18-21(25-17)23(28)26-22(18)27/h6-9,11,14-15H,2-5,10,12-13H2,1H3,(H,26,27,28)/t14-/m0/s1. The molecule has 2 aliphatic rings. The summed E-state index contributed by atoms with van der Waals surface area (Å²) in [5, 5.41) is 2.18. The number of aromatic nitrogens is 1. The topological polar surface area (TPSA) is 102 Å². The molecule has 1 atom stereocenters. The first-order valence-electron chi connectivity index (χ1n) is 10.7. The molecule has 170 valence electrons. The Labute approximate surface area is 186 Å². The van der Waals surface area contributed by atoms with Gasteiger partial charge in [0, 0.05) is 5.69 Å². The van der Waals surface area contributed by atoms with Crippen molar-refractivity contribution < 1.29 is 27.1 Å². The lowest BCUT2D eigenvalue weighted by Gasteiger charge is -2.15. The molecular formula is C23H25FN2O5S. The van der Waals surface area contributed by atoms with Gasteiger partial charge in [-0.2, -0.15) is 0 Å². The molecule has 2 amide bonds. The smallest absolute Gasteiger partial charge is 0.277 e. The van der Waals surface area contributed by atoms with Gasteiger partial charge in [-0.05, 0) is 67.3 Å². The molecule has 1 aliphatic heterocycles. The molecule has 1 N–H and O–H groups in total. The van der Waals surface area contributed by atoms with Crippen molar-refractivity contribution in [2.75, 3.05) is 18.1 Å². The van der Waals surface area contributed by atoms with E-state index in [1.165, 1.54) is 12.1 Å². The van der Waals surface area contributed by atoms with Gasteiger partial charge in [0.05, 0.1) is 23.7 Å². The van der Waals surface area contributed by atoms with Crippen LogP contribution in [0.5, 0.6) is 5.75 Å². The number of rotatable bonds is 10. The number of carbonyl (C=O) groups excluding carboxylic acids is 2. The molecule has 0 radical (unpaired) electrons. The Balaban J connectivity index is 1.32. The van der Waals surface area contributed by atoms with E-state index in [0.717, 1.165) is 18.4 Å². The maximum Gasteiger partial charge on any atom is 0.277 e. The predicted octanol–water partition coefficient (Wildman–Crippen LogP) is 3.04. The third kappa shape index (κ3) is 5.32. The number of ether oxygens (including phenoxy) is 1. The average molecular weight is 461 g/mol. The molecule has 0 bridgehead atoms. The molecule has 7 nitrogen and oxygen atoms in total. The van der Waals surface area contributed by atoms with Crippen LogP contribution in [0.2, 0.25) is 0 Å². The Bertz CT molecular complexity index is 1160. The molecule has 9 heteroatoms. The van der Waals surface area contributed by atoms with Crippen molar-refractivity contribution in [2.24, 2.45) is 5.92 Å². The molecular weight excluding hydrogens is 435 g/mol. The molecule has 1 aromatic heterocycles. The normalized spacial score (nSPS) is 16.6. The van der Waals surface area contributed by atoms with Gasteiger partial charge < -0.3 is 4.74 Å². The minimum Gasteiger partial charge on any atom is -0.490 e. The largest absolute Gasteiger partial charge is 0.490 e. The highest BCUT2D eigenvalue weighted by molar-refractivity contribution is 7.91. The van der Waals surface area contributed by atoms with Crippen LogP contribution in [-0.4, -0.2) is 43.3 Å². The number of nitrogens with one attached hydrogen (secondary N) is 1. The number of amides is 2. The highest BCUT2D eigenvalue weighted by Gasteiger charge is 2.28. The van der Waals surface area contributed by atoms with Crippen LogP contribution in [0.3, 0.4) is 0 Å². The van der Waals surface area contributed by atoms with Gasteiger partial charge in [-0.1, -0.05) is 13.0 Å². The van der Waals surface area contributed by atoms with Crippen molar-refractivity contribution in [3.05, 3.63) is 58.7 Å². The van der Waals surface area contributed by atoms with E-state index in [0.29, 0.717) is 31.1 Å². The van der Waals surface area contributed by atoms with Crippen LogP contribution in [-0.2, 0) is 16.3 Å². The highest BCUT2D eigenvalue weighted by Crippen LogP contribution is 2.31. The van der Waals surface area contributed by atoms with Crippen LogP contribution >= 0.6 is 0 Å². The monoisotopic (exact) mass is 460 g/mol. The molecule has 1 aromatic carbocycles. The fourth-order valence-electron chi connectivity index (χ4n) is 3.69. The van der Waals surface area contributed by atoms with Crippen molar-refractivity contribution in [1.29, 1.82) is 0 Å². The summed E-state index contributed by atoms with van der Waals surface area (Å²) in [6, 6.07) is 7.68. The van der Waals surface area contributed by atoms with Gasteiger partial charge in [0.25, 0.3) is 11.8 Å². The zero-order valence-corrected chi connectivity index (χ0v) is 18.6. The van der Waals surface area contributed by atoms with Gasteiger partial charge in [-0.25, -0.2) is 17.8 Å². The summed E-state index contributed by atoms with van der Waals surface area (Å²) in [5.41, 5.74) is 1.60. The van der Waals surface area contributed by atoms with E-state index in [2.05, 4.69) is 10.3 Å². The first kappa shape index (κ1) is 22.4. The first-order valence-corrected chi connectivity index (χ1v) is 12.5. The van der Waals surface area contributed by atoms with Gasteiger partial charge in [0.15, 0.2) is 21.4 Å². The predicted molar refractivity (Wildman–Crippen MR) is 116 cm³/mol. The van der Waals surface area contributed by atoms with Crippen LogP contribution in [0.15, 0.2) is 30.3 Å². The van der Waals surface area contributed by atoms with E-state index in [1.807, 2.05) is 0 Å². The minimum atomic E-state index is -3.36. The summed E-state index contributed by atoms with van der Waals surface area (Å²) in [4.78, 5) is 27.5. The molecule has 2 aromatic rings. The summed E-state index contributed by atoms with van der Waals surface area (Å²) >= 11 is 0. The number of imide groups is 1. The molecule has 4 rings (SSSR count). The molecule has 2 heterocycles. The second-order valence-corrected chi connectivity index (χ2v) is 10.8. The summed E-state index contributed by atoms with van der Waals surface area (Å²) < 4.78 is 44.8.